The predicted molar refractivity (Wildman–Crippen MR) is 88.1 cm³/mol. The van der Waals surface area contributed by atoms with E-state index in [2.05, 4.69) is 67.0 Å². The highest BCUT2D eigenvalue weighted by Crippen LogP contribution is 2.21. The average Bonchev–Trinajstić information content (AvgIpc) is 2.36. The van der Waals surface area contributed by atoms with E-state index in [-0.39, 0.29) is 17.3 Å². The highest BCUT2D eigenvalue weighted by atomic mass is 15.2. The first-order chi connectivity index (χ1) is 10.2. The van der Waals surface area contributed by atoms with Gasteiger partial charge in [0, 0.05) is 5.56 Å². The quantitative estimate of drug-likeness (QED) is 0.766. The van der Waals surface area contributed by atoms with Crippen LogP contribution in [0.3, 0.4) is 0 Å². The third kappa shape index (κ3) is 4.39. The number of nitrogens with one attached hydrogen (secondary N) is 1. The molecule has 118 valence electrons. The molecule has 2 aromatic rings. The zero-order valence-electron chi connectivity index (χ0n) is 13.7. The molecule has 1 aromatic carbocycles. The predicted octanol–water partition coefficient (Wildman–Crippen LogP) is 0.548. The first kappa shape index (κ1) is 16.2. The summed E-state index contributed by atoms with van der Waals surface area (Å²) >= 11 is 0. The van der Waals surface area contributed by atoms with Gasteiger partial charge >= 0.3 is 0 Å². The highest BCUT2D eigenvalue weighted by Gasteiger charge is 2.14. The highest BCUT2D eigenvalue weighted by molar-refractivity contribution is 5.27. The van der Waals surface area contributed by atoms with Crippen molar-refractivity contribution in [1.82, 2.24) is 15.0 Å². The standard InChI is InChI=1S/C16H24N6/c1-16(2,3)12-7-5-11(6-8-12)9-22(4)10-13-19-14(17)21-15(18)20-13/h5-8H,9-10H2,1-4H3,(H4,17,18,19,20,21)/p+1. The lowest BCUT2D eigenvalue weighted by atomic mass is 9.87. The fourth-order valence-corrected chi connectivity index (χ4v) is 2.34. The Balaban J connectivity index is 2.01. The van der Waals surface area contributed by atoms with Crippen molar-refractivity contribution in [3.05, 3.63) is 41.2 Å². The van der Waals surface area contributed by atoms with Crippen LogP contribution in [-0.2, 0) is 18.5 Å². The van der Waals surface area contributed by atoms with Crippen LogP contribution in [0.15, 0.2) is 24.3 Å². The van der Waals surface area contributed by atoms with Gasteiger partial charge in [-0.2, -0.15) is 15.0 Å². The molecule has 0 saturated heterocycles. The minimum atomic E-state index is 0.171. The second kappa shape index (κ2) is 6.27. The lowest BCUT2D eigenvalue weighted by molar-refractivity contribution is -0.908. The maximum absolute atomic E-state index is 5.59. The van der Waals surface area contributed by atoms with Gasteiger partial charge < -0.3 is 16.4 Å². The second-order valence-corrected chi connectivity index (χ2v) is 6.73. The van der Waals surface area contributed by atoms with Crippen LogP contribution in [-0.4, -0.2) is 22.0 Å². The number of quaternary nitrogens is 1. The van der Waals surface area contributed by atoms with Gasteiger partial charge in [-0.3, -0.25) is 0 Å². The third-order valence-corrected chi connectivity index (χ3v) is 3.50. The molecule has 0 radical (unpaired) electrons. The summed E-state index contributed by atoms with van der Waals surface area (Å²) in [5, 5.41) is 0. The van der Waals surface area contributed by atoms with Crippen LogP contribution in [0.4, 0.5) is 11.9 Å². The molecule has 1 unspecified atom stereocenters. The Morgan fingerprint density at radius 3 is 1.95 bits per heavy atom. The summed E-state index contributed by atoms with van der Waals surface area (Å²) in [4.78, 5) is 13.3. The van der Waals surface area contributed by atoms with Gasteiger partial charge in [0.25, 0.3) is 0 Å². The Hall–Kier alpha value is -2.21. The van der Waals surface area contributed by atoms with Gasteiger partial charge in [0.15, 0.2) is 5.82 Å². The fraction of sp³-hybridized carbons (Fsp3) is 0.438. The second-order valence-electron chi connectivity index (χ2n) is 6.73. The summed E-state index contributed by atoms with van der Waals surface area (Å²) in [6.45, 7) is 8.19. The SMILES string of the molecule is C[NH+](Cc1ccc(C(C)(C)C)cc1)Cc1nc(N)nc(N)n1. The van der Waals surface area contributed by atoms with Crippen molar-refractivity contribution in [3.8, 4) is 0 Å². The first-order valence-electron chi connectivity index (χ1n) is 7.40. The Bertz CT molecular complexity index is 610. The molecule has 1 atom stereocenters. The number of nitrogens with zero attached hydrogens (tertiary/aromatic N) is 3. The molecular weight excluding hydrogens is 276 g/mol. The molecule has 6 heteroatoms. The molecule has 1 aromatic heterocycles. The number of hydrogen-bond donors (Lipinski definition) is 3. The number of anilines is 2. The molecule has 2 rings (SSSR count). The van der Waals surface area contributed by atoms with Gasteiger partial charge in [-0.05, 0) is 11.0 Å². The number of nitrogen functional groups attached to an aromatic ring is 2. The van der Waals surface area contributed by atoms with E-state index >= 15 is 0 Å². The van der Waals surface area contributed by atoms with Crippen LogP contribution in [0.5, 0.6) is 0 Å². The van der Waals surface area contributed by atoms with E-state index in [1.807, 2.05) is 0 Å². The number of rotatable bonds is 4. The average molecular weight is 301 g/mol. The smallest absolute Gasteiger partial charge is 0.225 e. The Morgan fingerprint density at radius 2 is 1.45 bits per heavy atom. The zero-order valence-corrected chi connectivity index (χ0v) is 13.7. The number of nitrogens with two attached hydrogens (primary N) is 2. The monoisotopic (exact) mass is 301 g/mol. The van der Waals surface area contributed by atoms with Gasteiger partial charge in [-0.25, -0.2) is 0 Å². The van der Waals surface area contributed by atoms with Crippen molar-refractivity contribution in [2.24, 2.45) is 0 Å². The van der Waals surface area contributed by atoms with E-state index in [4.69, 9.17) is 11.5 Å². The summed E-state index contributed by atoms with van der Waals surface area (Å²) in [6.07, 6.45) is 0. The third-order valence-electron chi connectivity index (χ3n) is 3.50. The lowest BCUT2D eigenvalue weighted by Crippen LogP contribution is -3.06. The topological polar surface area (TPSA) is 95.2 Å². The molecule has 6 nitrogen and oxygen atoms in total. The molecule has 1 heterocycles. The molecule has 5 N–H and O–H groups in total. The van der Waals surface area contributed by atoms with Crippen LogP contribution in [0.1, 0.15) is 37.7 Å². The molecule has 0 aliphatic heterocycles. The van der Waals surface area contributed by atoms with Crippen molar-refractivity contribution >= 4 is 11.9 Å². The zero-order chi connectivity index (χ0) is 16.3. The molecule has 0 aliphatic rings. The molecular formula is C16H25N6+. The summed E-state index contributed by atoms with van der Waals surface area (Å²) in [5.41, 5.74) is 14.0. The molecule has 0 aliphatic carbocycles. The van der Waals surface area contributed by atoms with Crippen LogP contribution in [0, 0.1) is 0 Å². The number of hydrogen-bond acceptors (Lipinski definition) is 5. The van der Waals surface area contributed by atoms with Gasteiger partial charge in [-0.1, -0.05) is 45.0 Å². The normalized spacial score (nSPS) is 13.1. The van der Waals surface area contributed by atoms with E-state index in [1.54, 1.807) is 0 Å². The van der Waals surface area contributed by atoms with E-state index < -0.39 is 0 Å². The van der Waals surface area contributed by atoms with E-state index in [9.17, 15) is 0 Å². The lowest BCUT2D eigenvalue weighted by Gasteiger charge is -2.19. The van der Waals surface area contributed by atoms with E-state index in [0.717, 1.165) is 6.54 Å². The maximum Gasteiger partial charge on any atom is 0.225 e. The molecule has 22 heavy (non-hydrogen) atoms. The van der Waals surface area contributed by atoms with Gasteiger partial charge in [0.2, 0.25) is 11.9 Å². The molecule has 0 bridgehead atoms. The number of benzene rings is 1. The molecule has 0 saturated carbocycles. The molecule has 0 fully saturated rings. The van der Waals surface area contributed by atoms with Crippen molar-refractivity contribution in [3.63, 3.8) is 0 Å². The van der Waals surface area contributed by atoms with Crippen LogP contribution in [0.2, 0.25) is 0 Å². The fourth-order valence-electron chi connectivity index (χ4n) is 2.34. The molecule has 0 amide bonds. The molecule has 0 spiro atoms. The van der Waals surface area contributed by atoms with Crippen molar-refractivity contribution in [2.75, 3.05) is 18.5 Å². The van der Waals surface area contributed by atoms with Gasteiger partial charge in [0.1, 0.15) is 13.1 Å². The van der Waals surface area contributed by atoms with Gasteiger partial charge in [0.05, 0.1) is 7.05 Å². The van der Waals surface area contributed by atoms with Crippen molar-refractivity contribution in [1.29, 1.82) is 0 Å². The number of aromatic nitrogens is 3. The summed E-state index contributed by atoms with van der Waals surface area (Å²) in [5.74, 6) is 0.962. The van der Waals surface area contributed by atoms with Crippen molar-refractivity contribution in [2.45, 2.75) is 39.3 Å². The summed E-state index contributed by atoms with van der Waals surface area (Å²) < 4.78 is 0. The first-order valence-corrected chi connectivity index (χ1v) is 7.40. The summed E-state index contributed by atoms with van der Waals surface area (Å²) in [6, 6.07) is 8.75. The minimum Gasteiger partial charge on any atom is -0.368 e. The van der Waals surface area contributed by atoms with Crippen LogP contribution < -0.4 is 16.4 Å². The Kier molecular flexibility index (Phi) is 4.61. The van der Waals surface area contributed by atoms with Crippen LogP contribution >= 0.6 is 0 Å². The van der Waals surface area contributed by atoms with Gasteiger partial charge in [-0.15, -0.1) is 0 Å². The van der Waals surface area contributed by atoms with Crippen molar-refractivity contribution < 1.29 is 4.90 Å². The summed E-state index contributed by atoms with van der Waals surface area (Å²) in [7, 11) is 2.09. The Labute approximate surface area is 131 Å². The Morgan fingerprint density at radius 1 is 0.909 bits per heavy atom. The van der Waals surface area contributed by atoms with Crippen LogP contribution in [0.25, 0.3) is 0 Å². The van der Waals surface area contributed by atoms with E-state index in [0.29, 0.717) is 12.4 Å². The minimum absolute atomic E-state index is 0.171. The van der Waals surface area contributed by atoms with E-state index in [1.165, 1.54) is 16.0 Å². The largest absolute Gasteiger partial charge is 0.368 e. The maximum atomic E-state index is 5.59.